The monoisotopic (exact) mass is 220 g/mol. The van der Waals surface area contributed by atoms with Gasteiger partial charge in [0.15, 0.2) is 0 Å². The van der Waals surface area contributed by atoms with E-state index in [2.05, 4.69) is 20.6 Å². The van der Waals surface area contributed by atoms with Crippen molar-refractivity contribution in [3.8, 4) is 0 Å². The molecule has 3 N–H and O–H groups in total. The minimum atomic E-state index is 0.627. The van der Waals surface area contributed by atoms with E-state index < -0.39 is 0 Å². The number of hydrogen-bond acceptors (Lipinski definition) is 3. The van der Waals surface area contributed by atoms with E-state index in [9.17, 15) is 0 Å². The lowest BCUT2D eigenvalue weighted by molar-refractivity contribution is 0.631. The van der Waals surface area contributed by atoms with Crippen molar-refractivity contribution in [2.75, 3.05) is 18.4 Å². The highest BCUT2D eigenvalue weighted by atomic mass is 15.1. The molecule has 16 heavy (non-hydrogen) atoms. The van der Waals surface area contributed by atoms with Gasteiger partial charge >= 0.3 is 0 Å². The molecule has 1 unspecified atom stereocenters. The zero-order valence-corrected chi connectivity index (χ0v) is 9.68. The van der Waals surface area contributed by atoms with Crippen LogP contribution in [0, 0.1) is 0 Å². The Morgan fingerprint density at radius 2 is 2.19 bits per heavy atom. The van der Waals surface area contributed by atoms with Crippen LogP contribution >= 0.6 is 0 Å². The molecule has 88 valence electrons. The summed E-state index contributed by atoms with van der Waals surface area (Å²) in [6, 6.07) is 0.627. The first-order chi connectivity index (χ1) is 7.92. The third-order valence-electron chi connectivity index (χ3n) is 3.63. The van der Waals surface area contributed by atoms with Crippen LogP contribution in [0.1, 0.15) is 37.1 Å². The number of nitrogens with zero attached hydrogens (tertiary/aromatic N) is 1. The first-order valence-electron chi connectivity index (χ1n) is 6.47. The summed E-state index contributed by atoms with van der Waals surface area (Å²) >= 11 is 0. The van der Waals surface area contributed by atoms with Crippen molar-refractivity contribution in [3.63, 3.8) is 0 Å². The fourth-order valence-corrected chi connectivity index (χ4v) is 2.69. The van der Waals surface area contributed by atoms with Gasteiger partial charge in [0.1, 0.15) is 0 Å². The lowest BCUT2D eigenvalue weighted by Gasteiger charge is -2.10. The number of hydrogen-bond donors (Lipinski definition) is 3. The van der Waals surface area contributed by atoms with Gasteiger partial charge < -0.3 is 15.6 Å². The minimum Gasteiger partial charge on any atom is -0.354 e. The molecule has 1 saturated heterocycles. The van der Waals surface area contributed by atoms with Crippen molar-refractivity contribution < 1.29 is 0 Å². The largest absolute Gasteiger partial charge is 0.354 e. The van der Waals surface area contributed by atoms with Crippen LogP contribution < -0.4 is 10.6 Å². The SMILES string of the molecule is C1CCc2[nH]c(NCC3CCCN3)nc2C1. The summed E-state index contributed by atoms with van der Waals surface area (Å²) in [4.78, 5) is 8.02. The van der Waals surface area contributed by atoms with Gasteiger partial charge in [0.25, 0.3) is 0 Å². The van der Waals surface area contributed by atoms with Gasteiger partial charge in [0.05, 0.1) is 5.69 Å². The predicted molar refractivity (Wildman–Crippen MR) is 64.7 cm³/mol. The normalized spacial score (nSPS) is 24.4. The average Bonchev–Trinajstić information content (AvgIpc) is 2.95. The zero-order valence-electron chi connectivity index (χ0n) is 9.68. The van der Waals surface area contributed by atoms with Gasteiger partial charge in [0.2, 0.25) is 5.95 Å². The number of anilines is 1. The zero-order chi connectivity index (χ0) is 10.8. The van der Waals surface area contributed by atoms with E-state index in [1.807, 2.05) is 0 Å². The number of aromatic amines is 1. The van der Waals surface area contributed by atoms with Crippen LogP contribution in [-0.2, 0) is 12.8 Å². The molecule has 2 aliphatic rings. The lowest BCUT2D eigenvalue weighted by Crippen LogP contribution is -2.29. The molecule has 1 atom stereocenters. The van der Waals surface area contributed by atoms with Gasteiger partial charge in [-0.1, -0.05) is 0 Å². The Labute approximate surface area is 96.2 Å². The van der Waals surface area contributed by atoms with E-state index in [4.69, 9.17) is 0 Å². The number of nitrogens with one attached hydrogen (secondary N) is 3. The van der Waals surface area contributed by atoms with Crippen LogP contribution in [0.25, 0.3) is 0 Å². The molecule has 0 saturated carbocycles. The second kappa shape index (κ2) is 4.45. The second-order valence-electron chi connectivity index (χ2n) is 4.89. The standard InChI is InChI=1S/C12H20N4/c1-2-6-11-10(5-1)15-12(16-11)14-8-9-4-3-7-13-9/h9,13H,1-8H2,(H2,14,15,16). The highest BCUT2D eigenvalue weighted by Gasteiger charge is 2.16. The molecule has 2 heterocycles. The van der Waals surface area contributed by atoms with E-state index >= 15 is 0 Å². The van der Waals surface area contributed by atoms with Crippen LogP contribution in [-0.4, -0.2) is 29.1 Å². The molecule has 0 aromatic carbocycles. The number of imidazole rings is 1. The summed E-state index contributed by atoms with van der Waals surface area (Å²) in [5.41, 5.74) is 2.64. The van der Waals surface area contributed by atoms with Crippen LogP contribution in [0.2, 0.25) is 0 Å². The Hall–Kier alpha value is -1.03. The molecule has 1 fully saturated rings. The summed E-state index contributed by atoms with van der Waals surface area (Å²) in [5.74, 6) is 0.973. The molecule has 0 amide bonds. The van der Waals surface area contributed by atoms with Gasteiger partial charge in [-0.25, -0.2) is 4.98 Å². The summed E-state index contributed by atoms with van der Waals surface area (Å²) < 4.78 is 0. The Balaban J connectivity index is 1.59. The molecule has 3 rings (SSSR count). The van der Waals surface area contributed by atoms with Gasteiger partial charge in [-0.3, -0.25) is 0 Å². The smallest absolute Gasteiger partial charge is 0.200 e. The number of aryl methyl sites for hydroxylation is 2. The van der Waals surface area contributed by atoms with Crippen molar-refractivity contribution in [2.24, 2.45) is 0 Å². The third-order valence-corrected chi connectivity index (χ3v) is 3.63. The number of fused-ring (bicyclic) bond motifs is 1. The maximum absolute atomic E-state index is 4.62. The van der Waals surface area contributed by atoms with Gasteiger partial charge in [0, 0.05) is 18.3 Å². The molecule has 4 heteroatoms. The third kappa shape index (κ3) is 2.07. The number of H-pyrrole nitrogens is 1. The molecule has 1 aromatic heterocycles. The van der Waals surface area contributed by atoms with Crippen LogP contribution in [0.5, 0.6) is 0 Å². The molecule has 1 aliphatic heterocycles. The van der Waals surface area contributed by atoms with E-state index in [1.54, 1.807) is 0 Å². The number of aromatic nitrogens is 2. The molecular formula is C12H20N4. The molecule has 1 aliphatic carbocycles. The number of rotatable bonds is 3. The van der Waals surface area contributed by atoms with Crippen molar-refractivity contribution in [3.05, 3.63) is 11.4 Å². The van der Waals surface area contributed by atoms with E-state index in [1.165, 1.54) is 50.0 Å². The quantitative estimate of drug-likeness (QED) is 0.722. The minimum absolute atomic E-state index is 0.627. The van der Waals surface area contributed by atoms with Crippen molar-refractivity contribution in [1.29, 1.82) is 0 Å². The molecule has 4 nitrogen and oxygen atoms in total. The predicted octanol–water partition coefficient (Wildman–Crippen LogP) is 1.45. The van der Waals surface area contributed by atoms with E-state index in [0.717, 1.165) is 18.9 Å². The maximum Gasteiger partial charge on any atom is 0.200 e. The Kier molecular flexibility index (Phi) is 2.82. The molecule has 1 aromatic rings. The summed E-state index contributed by atoms with van der Waals surface area (Å²) in [6.07, 6.45) is 7.51. The average molecular weight is 220 g/mol. The van der Waals surface area contributed by atoms with Crippen LogP contribution in [0.4, 0.5) is 5.95 Å². The molecule has 0 bridgehead atoms. The summed E-state index contributed by atoms with van der Waals surface area (Å²) in [6.45, 7) is 2.16. The second-order valence-corrected chi connectivity index (χ2v) is 4.89. The summed E-state index contributed by atoms with van der Waals surface area (Å²) in [7, 11) is 0. The molecule has 0 spiro atoms. The topological polar surface area (TPSA) is 52.7 Å². The van der Waals surface area contributed by atoms with Crippen LogP contribution in [0.15, 0.2) is 0 Å². The maximum atomic E-state index is 4.62. The Morgan fingerprint density at radius 3 is 3.00 bits per heavy atom. The van der Waals surface area contributed by atoms with Crippen LogP contribution in [0.3, 0.4) is 0 Å². The molecular weight excluding hydrogens is 200 g/mol. The van der Waals surface area contributed by atoms with Gasteiger partial charge in [-0.15, -0.1) is 0 Å². The highest BCUT2D eigenvalue weighted by Crippen LogP contribution is 2.20. The van der Waals surface area contributed by atoms with Crippen molar-refractivity contribution >= 4 is 5.95 Å². The first kappa shape index (κ1) is 10.1. The fourth-order valence-electron chi connectivity index (χ4n) is 2.69. The highest BCUT2D eigenvalue weighted by molar-refractivity contribution is 5.32. The summed E-state index contributed by atoms with van der Waals surface area (Å²) in [5, 5.41) is 6.90. The van der Waals surface area contributed by atoms with E-state index in [0.29, 0.717) is 6.04 Å². The first-order valence-corrected chi connectivity index (χ1v) is 6.47. The van der Waals surface area contributed by atoms with Crippen molar-refractivity contribution in [1.82, 2.24) is 15.3 Å². The van der Waals surface area contributed by atoms with Gasteiger partial charge in [-0.05, 0) is 45.1 Å². The van der Waals surface area contributed by atoms with E-state index in [-0.39, 0.29) is 0 Å². The Morgan fingerprint density at radius 1 is 1.25 bits per heavy atom. The lowest BCUT2D eigenvalue weighted by atomic mass is 10.0. The fraction of sp³-hybridized carbons (Fsp3) is 0.750. The Bertz CT molecular complexity index is 328. The molecule has 0 radical (unpaired) electrons. The van der Waals surface area contributed by atoms with Gasteiger partial charge in [-0.2, -0.15) is 0 Å². The van der Waals surface area contributed by atoms with Crippen molar-refractivity contribution in [2.45, 2.75) is 44.6 Å².